The molecule has 0 spiro atoms. The van der Waals surface area contributed by atoms with Gasteiger partial charge >= 0.3 is 0 Å². The molecule has 0 fully saturated rings. The van der Waals surface area contributed by atoms with Crippen molar-refractivity contribution in [2.75, 3.05) is 18.5 Å². The van der Waals surface area contributed by atoms with Crippen LogP contribution in [0.2, 0.25) is 0 Å². The van der Waals surface area contributed by atoms with E-state index in [1.54, 1.807) is 0 Å². The molecule has 84 valence electrons. The van der Waals surface area contributed by atoms with Crippen LogP contribution in [0.4, 0.5) is 5.82 Å². The van der Waals surface area contributed by atoms with Crippen molar-refractivity contribution < 1.29 is 4.74 Å². The molecule has 1 atom stereocenters. The molecule has 0 saturated carbocycles. The maximum Gasteiger partial charge on any atom is 0.126 e. The highest BCUT2D eigenvalue weighted by atomic mass is 79.9. The summed E-state index contributed by atoms with van der Waals surface area (Å²) in [5, 5.41) is 3.29. The van der Waals surface area contributed by atoms with E-state index in [1.807, 2.05) is 26.1 Å². The highest BCUT2D eigenvalue weighted by Crippen LogP contribution is 2.17. The van der Waals surface area contributed by atoms with Crippen LogP contribution in [0.3, 0.4) is 0 Å². The number of hydrogen-bond donors (Lipinski definition) is 1. The fourth-order valence-corrected chi connectivity index (χ4v) is 1.42. The number of pyridine rings is 1. The van der Waals surface area contributed by atoms with Gasteiger partial charge in [-0.25, -0.2) is 4.98 Å². The van der Waals surface area contributed by atoms with Gasteiger partial charge in [-0.05, 0) is 48.3 Å². The number of ether oxygens (including phenoxy) is 1. The van der Waals surface area contributed by atoms with Crippen LogP contribution < -0.4 is 5.32 Å². The van der Waals surface area contributed by atoms with E-state index in [4.69, 9.17) is 4.74 Å². The van der Waals surface area contributed by atoms with Gasteiger partial charge in [0.1, 0.15) is 5.82 Å². The smallest absolute Gasteiger partial charge is 0.126 e. The van der Waals surface area contributed by atoms with Crippen molar-refractivity contribution in [3.05, 3.63) is 22.3 Å². The Morgan fingerprint density at radius 1 is 1.60 bits per heavy atom. The average molecular weight is 273 g/mol. The molecule has 1 heterocycles. The summed E-state index contributed by atoms with van der Waals surface area (Å²) in [7, 11) is 0. The first-order valence-electron chi connectivity index (χ1n) is 5.10. The fraction of sp³-hybridized carbons (Fsp3) is 0.545. The molecule has 1 aromatic heterocycles. The van der Waals surface area contributed by atoms with Crippen LogP contribution in [-0.2, 0) is 4.74 Å². The van der Waals surface area contributed by atoms with Gasteiger partial charge in [-0.1, -0.05) is 0 Å². The Hall–Kier alpha value is -0.610. The molecule has 4 heteroatoms. The average Bonchev–Trinajstić information content (AvgIpc) is 2.20. The third kappa shape index (κ3) is 4.18. The number of aryl methyl sites for hydroxylation is 1. The lowest BCUT2D eigenvalue weighted by Gasteiger charge is -2.14. The second kappa shape index (κ2) is 6.08. The summed E-state index contributed by atoms with van der Waals surface area (Å²) in [6.07, 6.45) is 1.81. The molecule has 15 heavy (non-hydrogen) atoms. The number of rotatable bonds is 5. The zero-order valence-corrected chi connectivity index (χ0v) is 11.0. The Labute approximate surface area is 99.4 Å². The first kappa shape index (κ1) is 12.5. The number of nitrogens with one attached hydrogen (secondary N) is 1. The van der Waals surface area contributed by atoms with E-state index in [-0.39, 0.29) is 6.04 Å². The molecule has 0 aliphatic carbocycles. The maximum absolute atomic E-state index is 5.32. The molecule has 0 aliphatic rings. The summed E-state index contributed by atoms with van der Waals surface area (Å²) >= 11 is 3.42. The Bertz CT molecular complexity index is 317. The minimum atomic E-state index is 0.276. The van der Waals surface area contributed by atoms with E-state index in [9.17, 15) is 0 Å². The first-order chi connectivity index (χ1) is 7.13. The van der Waals surface area contributed by atoms with Gasteiger partial charge in [0.25, 0.3) is 0 Å². The van der Waals surface area contributed by atoms with Crippen molar-refractivity contribution in [1.82, 2.24) is 4.98 Å². The molecule has 1 unspecified atom stereocenters. The van der Waals surface area contributed by atoms with Gasteiger partial charge < -0.3 is 10.1 Å². The quantitative estimate of drug-likeness (QED) is 0.895. The Morgan fingerprint density at radius 3 is 2.93 bits per heavy atom. The molecule has 3 nitrogen and oxygen atoms in total. The van der Waals surface area contributed by atoms with Gasteiger partial charge in [0, 0.05) is 23.3 Å². The third-order valence-electron chi connectivity index (χ3n) is 2.01. The Balaban J connectivity index is 2.53. The number of anilines is 1. The van der Waals surface area contributed by atoms with Gasteiger partial charge in [0.2, 0.25) is 0 Å². The van der Waals surface area contributed by atoms with Crippen LogP contribution in [0.15, 0.2) is 16.7 Å². The van der Waals surface area contributed by atoms with E-state index >= 15 is 0 Å². The van der Waals surface area contributed by atoms with Gasteiger partial charge in [-0.2, -0.15) is 0 Å². The highest BCUT2D eigenvalue weighted by molar-refractivity contribution is 9.10. The lowest BCUT2D eigenvalue weighted by molar-refractivity contribution is 0.141. The predicted molar refractivity (Wildman–Crippen MR) is 66.3 cm³/mol. The van der Waals surface area contributed by atoms with E-state index in [1.165, 1.54) is 5.56 Å². The molecular weight excluding hydrogens is 256 g/mol. The summed E-state index contributed by atoms with van der Waals surface area (Å²) in [4.78, 5) is 4.27. The van der Waals surface area contributed by atoms with E-state index in [0.717, 1.165) is 16.9 Å². The van der Waals surface area contributed by atoms with Gasteiger partial charge in [0.15, 0.2) is 0 Å². The third-order valence-corrected chi connectivity index (χ3v) is 2.84. The molecule has 0 radical (unpaired) electrons. The summed E-state index contributed by atoms with van der Waals surface area (Å²) in [5.41, 5.74) is 1.18. The van der Waals surface area contributed by atoms with Crippen molar-refractivity contribution >= 4 is 21.7 Å². The van der Waals surface area contributed by atoms with Gasteiger partial charge in [-0.3, -0.25) is 0 Å². The molecule has 0 aromatic carbocycles. The molecule has 1 rings (SSSR count). The molecule has 0 aliphatic heterocycles. The fourth-order valence-electron chi connectivity index (χ4n) is 1.21. The molecule has 1 N–H and O–H groups in total. The topological polar surface area (TPSA) is 34.1 Å². The SMILES string of the molecule is CCOCC(C)Nc1cc(C)c(Br)cn1. The standard InChI is InChI=1S/C11H17BrN2O/c1-4-15-7-9(3)14-11-5-8(2)10(12)6-13-11/h5-6,9H,4,7H2,1-3H3,(H,13,14). The molecule has 0 amide bonds. The first-order valence-corrected chi connectivity index (χ1v) is 5.89. The summed E-state index contributed by atoms with van der Waals surface area (Å²) in [6, 6.07) is 2.30. The highest BCUT2D eigenvalue weighted by Gasteiger charge is 2.03. The second-order valence-corrected chi connectivity index (χ2v) is 4.38. The van der Waals surface area contributed by atoms with Crippen LogP contribution in [0.5, 0.6) is 0 Å². The van der Waals surface area contributed by atoms with Crippen molar-refractivity contribution in [1.29, 1.82) is 0 Å². The number of nitrogens with zero attached hydrogens (tertiary/aromatic N) is 1. The normalized spacial score (nSPS) is 12.5. The van der Waals surface area contributed by atoms with E-state index < -0.39 is 0 Å². The van der Waals surface area contributed by atoms with Crippen LogP contribution in [0, 0.1) is 6.92 Å². The number of aromatic nitrogens is 1. The molecule has 0 saturated heterocycles. The van der Waals surface area contributed by atoms with Crippen molar-refractivity contribution in [2.45, 2.75) is 26.8 Å². The van der Waals surface area contributed by atoms with Gasteiger partial charge in [0.05, 0.1) is 6.61 Å². The lowest BCUT2D eigenvalue weighted by Crippen LogP contribution is -2.22. The minimum Gasteiger partial charge on any atom is -0.380 e. The van der Waals surface area contributed by atoms with E-state index in [2.05, 4.69) is 33.2 Å². The lowest BCUT2D eigenvalue weighted by atomic mass is 10.3. The van der Waals surface area contributed by atoms with Crippen LogP contribution in [0.25, 0.3) is 0 Å². The zero-order valence-electron chi connectivity index (χ0n) is 9.38. The largest absolute Gasteiger partial charge is 0.380 e. The van der Waals surface area contributed by atoms with Crippen molar-refractivity contribution in [3.8, 4) is 0 Å². The van der Waals surface area contributed by atoms with Crippen LogP contribution in [-0.4, -0.2) is 24.2 Å². The molecule has 1 aromatic rings. The van der Waals surface area contributed by atoms with Crippen LogP contribution in [0.1, 0.15) is 19.4 Å². The Kier molecular flexibility index (Phi) is 5.05. The summed E-state index contributed by atoms with van der Waals surface area (Å²) in [5.74, 6) is 0.892. The van der Waals surface area contributed by atoms with Crippen molar-refractivity contribution in [3.63, 3.8) is 0 Å². The van der Waals surface area contributed by atoms with Crippen molar-refractivity contribution in [2.24, 2.45) is 0 Å². The monoisotopic (exact) mass is 272 g/mol. The molecular formula is C11H17BrN2O. The molecule has 0 bridgehead atoms. The summed E-state index contributed by atoms with van der Waals surface area (Å²) < 4.78 is 6.35. The second-order valence-electron chi connectivity index (χ2n) is 3.52. The Morgan fingerprint density at radius 2 is 2.33 bits per heavy atom. The van der Waals surface area contributed by atoms with Crippen LogP contribution >= 0.6 is 15.9 Å². The number of halogens is 1. The predicted octanol–water partition coefficient (Wildman–Crippen LogP) is 2.99. The summed E-state index contributed by atoms with van der Waals surface area (Å²) in [6.45, 7) is 7.57. The number of hydrogen-bond acceptors (Lipinski definition) is 3. The minimum absolute atomic E-state index is 0.276. The zero-order chi connectivity index (χ0) is 11.3. The van der Waals surface area contributed by atoms with Gasteiger partial charge in [-0.15, -0.1) is 0 Å². The maximum atomic E-state index is 5.32. The van der Waals surface area contributed by atoms with E-state index in [0.29, 0.717) is 6.61 Å².